The number of guanidine groups is 1. The minimum atomic E-state index is -0.556. The number of amides is 1. The fourth-order valence-corrected chi connectivity index (χ4v) is 2.67. The molecule has 3 N–H and O–H groups in total. The molecule has 172 valence electrons. The first-order valence-electron chi connectivity index (χ1n) is 10.6. The Morgan fingerprint density at radius 2 is 1.60 bits per heavy atom. The summed E-state index contributed by atoms with van der Waals surface area (Å²) in [4.78, 5) is 16.7. The SMILES string of the molecule is CCNC(=O)C(C)(C)CN=C(NCC)NCCc1ccc(OCC)c(OCC)c1.I. The molecule has 0 aliphatic heterocycles. The van der Waals surface area contributed by atoms with Crippen molar-refractivity contribution in [1.82, 2.24) is 16.0 Å². The molecule has 0 saturated heterocycles. The fourth-order valence-electron chi connectivity index (χ4n) is 2.67. The predicted octanol–water partition coefficient (Wildman–Crippen LogP) is 3.36. The van der Waals surface area contributed by atoms with Crippen LogP contribution < -0.4 is 25.4 Å². The van der Waals surface area contributed by atoms with Crippen LogP contribution in [0, 0.1) is 5.41 Å². The lowest BCUT2D eigenvalue weighted by molar-refractivity contribution is -0.128. The van der Waals surface area contributed by atoms with Crippen molar-refractivity contribution < 1.29 is 14.3 Å². The second-order valence-electron chi connectivity index (χ2n) is 7.26. The summed E-state index contributed by atoms with van der Waals surface area (Å²) >= 11 is 0. The van der Waals surface area contributed by atoms with Gasteiger partial charge in [-0.05, 0) is 65.7 Å². The van der Waals surface area contributed by atoms with Gasteiger partial charge < -0.3 is 25.4 Å². The summed E-state index contributed by atoms with van der Waals surface area (Å²) in [5.74, 6) is 2.27. The molecule has 0 bridgehead atoms. The molecule has 0 aliphatic rings. The Morgan fingerprint density at radius 3 is 2.20 bits per heavy atom. The quantitative estimate of drug-likeness (QED) is 0.218. The maximum Gasteiger partial charge on any atom is 0.227 e. The third kappa shape index (κ3) is 9.86. The molecule has 1 aromatic rings. The summed E-state index contributed by atoms with van der Waals surface area (Å²) in [7, 11) is 0. The second kappa shape index (κ2) is 15.1. The first-order valence-corrected chi connectivity index (χ1v) is 10.6. The molecule has 0 heterocycles. The highest BCUT2D eigenvalue weighted by Crippen LogP contribution is 2.28. The molecule has 30 heavy (non-hydrogen) atoms. The van der Waals surface area contributed by atoms with Crippen LogP contribution in [0.5, 0.6) is 11.5 Å². The second-order valence-corrected chi connectivity index (χ2v) is 7.26. The minimum absolute atomic E-state index is 0. The van der Waals surface area contributed by atoms with Crippen LogP contribution >= 0.6 is 24.0 Å². The third-order valence-corrected chi connectivity index (χ3v) is 4.24. The Labute approximate surface area is 198 Å². The van der Waals surface area contributed by atoms with Crippen molar-refractivity contribution in [3.63, 3.8) is 0 Å². The van der Waals surface area contributed by atoms with Gasteiger partial charge in [0.25, 0.3) is 0 Å². The third-order valence-electron chi connectivity index (χ3n) is 4.24. The number of halogens is 1. The van der Waals surface area contributed by atoms with Gasteiger partial charge in [-0.25, -0.2) is 0 Å². The van der Waals surface area contributed by atoms with Crippen LogP contribution in [0.3, 0.4) is 0 Å². The Balaban J connectivity index is 0.00000841. The van der Waals surface area contributed by atoms with Gasteiger partial charge in [0, 0.05) is 19.6 Å². The van der Waals surface area contributed by atoms with Crippen molar-refractivity contribution in [2.45, 2.75) is 48.0 Å². The van der Waals surface area contributed by atoms with E-state index in [1.54, 1.807) is 0 Å². The molecule has 0 aromatic heterocycles. The van der Waals surface area contributed by atoms with E-state index in [0.717, 1.165) is 30.0 Å². The lowest BCUT2D eigenvalue weighted by atomic mass is 9.92. The van der Waals surface area contributed by atoms with E-state index in [1.807, 2.05) is 53.7 Å². The van der Waals surface area contributed by atoms with Gasteiger partial charge in [0.05, 0.1) is 25.2 Å². The average Bonchev–Trinajstić information content (AvgIpc) is 2.68. The van der Waals surface area contributed by atoms with Gasteiger partial charge in [-0.15, -0.1) is 24.0 Å². The van der Waals surface area contributed by atoms with Gasteiger partial charge in [0.1, 0.15) is 0 Å². The summed E-state index contributed by atoms with van der Waals surface area (Å²) in [6.45, 7) is 15.4. The number of carbonyl (C=O) groups is 1. The molecule has 0 spiro atoms. The largest absolute Gasteiger partial charge is 0.490 e. The Kier molecular flexibility index (Phi) is 14.3. The van der Waals surface area contributed by atoms with E-state index in [9.17, 15) is 4.79 Å². The summed E-state index contributed by atoms with van der Waals surface area (Å²) in [6, 6.07) is 6.04. The number of hydrogen-bond donors (Lipinski definition) is 3. The number of ether oxygens (including phenoxy) is 2. The Bertz CT molecular complexity index is 666. The van der Waals surface area contributed by atoms with Gasteiger partial charge in [-0.2, -0.15) is 0 Å². The van der Waals surface area contributed by atoms with Crippen LogP contribution in [-0.4, -0.2) is 51.3 Å². The average molecular weight is 534 g/mol. The van der Waals surface area contributed by atoms with Crippen molar-refractivity contribution in [2.24, 2.45) is 10.4 Å². The lowest BCUT2D eigenvalue weighted by Gasteiger charge is -2.22. The number of nitrogens with one attached hydrogen (secondary N) is 3. The van der Waals surface area contributed by atoms with Crippen molar-refractivity contribution in [2.75, 3.05) is 39.4 Å². The lowest BCUT2D eigenvalue weighted by Crippen LogP contribution is -2.42. The van der Waals surface area contributed by atoms with Gasteiger partial charge >= 0.3 is 0 Å². The first kappa shape index (κ1) is 28.3. The fraction of sp³-hybridized carbons (Fsp3) is 0.636. The minimum Gasteiger partial charge on any atom is -0.490 e. The molecule has 0 saturated carbocycles. The molecule has 1 rings (SSSR count). The molecular formula is C22H39IN4O3. The summed E-state index contributed by atoms with van der Waals surface area (Å²) in [5.41, 5.74) is 0.600. The van der Waals surface area contributed by atoms with Crippen molar-refractivity contribution in [3.05, 3.63) is 23.8 Å². The van der Waals surface area contributed by atoms with E-state index in [1.165, 1.54) is 0 Å². The zero-order chi connectivity index (χ0) is 21.7. The highest BCUT2D eigenvalue weighted by atomic mass is 127. The molecule has 8 heteroatoms. The molecular weight excluding hydrogens is 495 g/mol. The molecule has 0 aliphatic carbocycles. The summed E-state index contributed by atoms with van der Waals surface area (Å²) in [5, 5.41) is 9.44. The highest BCUT2D eigenvalue weighted by Gasteiger charge is 2.26. The van der Waals surface area contributed by atoms with Gasteiger partial charge in [0.2, 0.25) is 5.91 Å². The number of rotatable bonds is 12. The van der Waals surface area contributed by atoms with Crippen molar-refractivity contribution in [3.8, 4) is 11.5 Å². The van der Waals surface area contributed by atoms with Crippen LogP contribution in [0.15, 0.2) is 23.2 Å². The van der Waals surface area contributed by atoms with E-state index in [2.05, 4.69) is 27.0 Å². The first-order chi connectivity index (χ1) is 13.9. The van der Waals surface area contributed by atoms with Gasteiger partial charge in [0.15, 0.2) is 17.5 Å². The van der Waals surface area contributed by atoms with Crippen molar-refractivity contribution in [1.29, 1.82) is 0 Å². The van der Waals surface area contributed by atoms with E-state index < -0.39 is 5.41 Å². The van der Waals surface area contributed by atoms with Gasteiger partial charge in [-0.3, -0.25) is 9.79 Å². The number of benzene rings is 1. The zero-order valence-electron chi connectivity index (χ0n) is 19.3. The van der Waals surface area contributed by atoms with Gasteiger partial charge in [-0.1, -0.05) is 6.07 Å². The molecule has 0 fully saturated rings. The van der Waals surface area contributed by atoms with Crippen LogP contribution in [0.1, 0.15) is 47.1 Å². The maximum absolute atomic E-state index is 12.2. The van der Waals surface area contributed by atoms with Crippen LogP contribution in [0.2, 0.25) is 0 Å². The molecule has 1 aromatic carbocycles. The predicted molar refractivity (Wildman–Crippen MR) is 134 cm³/mol. The summed E-state index contributed by atoms with van der Waals surface area (Å²) < 4.78 is 11.3. The van der Waals surface area contributed by atoms with E-state index in [4.69, 9.17) is 9.47 Å². The van der Waals surface area contributed by atoms with Crippen LogP contribution in [0.4, 0.5) is 0 Å². The van der Waals surface area contributed by atoms with E-state index in [-0.39, 0.29) is 29.9 Å². The Morgan fingerprint density at radius 1 is 0.967 bits per heavy atom. The zero-order valence-corrected chi connectivity index (χ0v) is 21.6. The number of aliphatic imine (C=N–C) groups is 1. The normalized spacial score (nSPS) is 11.3. The summed E-state index contributed by atoms with van der Waals surface area (Å²) in [6.07, 6.45) is 0.816. The molecule has 0 atom stereocenters. The number of nitrogens with zero attached hydrogens (tertiary/aromatic N) is 1. The van der Waals surface area contributed by atoms with Crippen LogP contribution in [-0.2, 0) is 11.2 Å². The van der Waals surface area contributed by atoms with Crippen molar-refractivity contribution >= 4 is 35.8 Å². The van der Waals surface area contributed by atoms with E-state index in [0.29, 0.717) is 38.8 Å². The highest BCUT2D eigenvalue weighted by molar-refractivity contribution is 14.0. The topological polar surface area (TPSA) is 84.0 Å². The molecule has 0 unspecified atom stereocenters. The molecule has 0 radical (unpaired) electrons. The Hall–Kier alpha value is -1.71. The van der Waals surface area contributed by atoms with E-state index >= 15 is 0 Å². The molecule has 1 amide bonds. The maximum atomic E-state index is 12.2. The van der Waals surface area contributed by atoms with Crippen LogP contribution in [0.25, 0.3) is 0 Å². The standard InChI is InChI=1S/C22H38N4O3.HI/c1-7-23-20(27)22(5,6)16-26-21(24-8-2)25-14-13-17-11-12-18(28-9-3)19(15-17)29-10-4;/h11-12,15H,7-10,13-14,16H2,1-6H3,(H,23,27)(H2,24,25,26);1H. The molecule has 7 nitrogen and oxygen atoms in total. The number of carbonyl (C=O) groups excluding carboxylic acids is 1. The smallest absolute Gasteiger partial charge is 0.227 e. The monoisotopic (exact) mass is 534 g/mol. The number of hydrogen-bond acceptors (Lipinski definition) is 4.